The number of amides is 1. The highest BCUT2D eigenvalue weighted by molar-refractivity contribution is 5.94. The van der Waals surface area contributed by atoms with Crippen molar-refractivity contribution in [3.05, 3.63) is 35.4 Å². The molecule has 1 aromatic rings. The zero-order chi connectivity index (χ0) is 14.5. The van der Waals surface area contributed by atoms with Crippen molar-refractivity contribution in [2.24, 2.45) is 5.92 Å². The van der Waals surface area contributed by atoms with Crippen molar-refractivity contribution >= 4 is 5.91 Å². The van der Waals surface area contributed by atoms with Crippen LogP contribution in [0.5, 0.6) is 0 Å². The van der Waals surface area contributed by atoms with Gasteiger partial charge in [0.1, 0.15) is 17.2 Å². The summed E-state index contributed by atoms with van der Waals surface area (Å²) in [6, 6.07) is 3.50. The monoisotopic (exact) mass is 282 g/mol. The van der Waals surface area contributed by atoms with Crippen LogP contribution in [-0.4, -0.2) is 37.0 Å². The minimum Gasteiger partial charge on any atom is -0.338 e. The van der Waals surface area contributed by atoms with E-state index >= 15 is 0 Å². The number of nitrogens with zero attached hydrogens (tertiary/aromatic N) is 1. The van der Waals surface area contributed by atoms with Crippen LogP contribution in [0.25, 0.3) is 0 Å². The van der Waals surface area contributed by atoms with E-state index in [1.165, 1.54) is 11.0 Å². The van der Waals surface area contributed by atoms with Gasteiger partial charge in [0.15, 0.2) is 0 Å². The molecular formula is C15H20F2N2O. The Morgan fingerprint density at radius 3 is 2.65 bits per heavy atom. The van der Waals surface area contributed by atoms with Crippen molar-refractivity contribution in [3.63, 3.8) is 0 Å². The smallest absolute Gasteiger partial charge is 0.259 e. The zero-order valence-corrected chi connectivity index (χ0v) is 11.7. The van der Waals surface area contributed by atoms with Crippen LogP contribution in [-0.2, 0) is 0 Å². The van der Waals surface area contributed by atoms with E-state index in [2.05, 4.69) is 5.32 Å². The summed E-state index contributed by atoms with van der Waals surface area (Å²) >= 11 is 0. The van der Waals surface area contributed by atoms with Gasteiger partial charge in [-0.1, -0.05) is 6.07 Å². The number of hydrogen-bond acceptors (Lipinski definition) is 2. The molecule has 110 valence electrons. The molecule has 0 aliphatic carbocycles. The van der Waals surface area contributed by atoms with Crippen LogP contribution in [0.1, 0.15) is 30.1 Å². The molecule has 0 spiro atoms. The molecule has 1 atom stereocenters. The quantitative estimate of drug-likeness (QED) is 0.920. The molecule has 0 bridgehead atoms. The number of piperidine rings is 1. The zero-order valence-electron chi connectivity index (χ0n) is 11.7. The van der Waals surface area contributed by atoms with Crippen LogP contribution in [0.3, 0.4) is 0 Å². The van der Waals surface area contributed by atoms with Crippen molar-refractivity contribution in [1.82, 2.24) is 10.2 Å². The molecule has 1 aromatic carbocycles. The van der Waals surface area contributed by atoms with Crippen molar-refractivity contribution < 1.29 is 13.6 Å². The van der Waals surface area contributed by atoms with Crippen molar-refractivity contribution in [3.8, 4) is 0 Å². The van der Waals surface area contributed by atoms with Crippen LogP contribution in [0.15, 0.2) is 18.2 Å². The third-order valence-corrected chi connectivity index (χ3v) is 3.72. The van der Waals surface area contributed by atoms with Crippen LogP contribution in [0.4, 0.5) is 8.78 Å². The van der Waals surface area contributed by atoms with E-state index in [1.807, 2.05) is 6.92 Å². The number of halogens is 2. The van der Waals surface area contributed by atoms with E-state index in [1.54, 1.807) is 0 Å². The molecule has 20 heavy (non-hydrogen) atoms. The van der Waals surface area contributed by atoms with Gasteiger partial charge in [-0.2, -0.15) is 0 Å². The molecular weight excluding hydrogens is 262 g/mol. The Hall–Kier alpha value is -1.49. The number of hydrogen-bond donors (Lipinski definition) is 1. The predicted octanol–water partition coefficient (Wildman–Crippen LogP) is 2.43. The van der Waals surface area contributed by atoms with Crippen LogP contribution in [0, 0.1) is 17.6 Å². The minimum atomic E-state index is -0.796. The Morgan fingerprint density at radius 1 is 1.40 bits per heavy atom. The fourth-order valence-electron chi connectivity index (χ4n) is 2.61. The summed E-state index contributed by atoms with van der Waals surface area (Å²) in [6.45, 7) is 4.66. The maximum Gasteiger partial charge on any atom is 0.259 e. The second-order valence-electron chi connectivity index (χ2n) is 5.15. The topological polar surface area (TPSA) is 32.3 Å². The Labute approximate surface area is 118 Å². The Bertz CT molecular complexity index is 453. The second kappa shape index (κ2) is 6.79. The molecule has 1 aliphatic heterocycles. The molecule has 1 amide bonds. The van der Waals surface area contributed by atoms with Crippen molar-refractivity contribution in [2.45, 2.75) is 19.8 Å². The highest BCUT2D eigenvalue weighted by Crippen LogP contribution is 2.17. The lowest BCUT2D eigenvalue weighted by molar-refractivity contribution is 0.0719. The molecule has 1 fully saturated rings. The van der Waals surface area contributed by atoms with E-state index in [4.69, 9.17) is 0 Å². The fourth-order valence-corrected chi connectivity index (χ4v) is 2.61. The second-order valence-corrected chi connectivity index (χ2v) is 5.15. The molecule has 1 aliphatic rings. The predicted molar refractivity (Wildman–Crippen MR) is 73.5 cm³/mol. The van der Waals surface area contributed by atoms with E-state index in [0.717, 1.165) is 38.1 Å². The summed E-state index contributed by atoms with van der Waals surface area (Å²) in [5.74, 6) is -1.80. The number of nitrogens with one attached hydrogen (secondary N) is 1. The molecule has 1 heterocycles. The van der Waals surface area contributed by atoms with E-state index in [9.17, 15) is 13.6 Å². The van der Waals surface area contributed by atoms with Gasteiger partial charge in [-0.05, 0) is 50.9 Å². The normalized spacial score (nSPS) is 18.9. The highest BCUT2D eigenvalue weighted by Gasteiger charge is 2.25. The van der Waals surface area contributed by atoms with Crippen LogP contribution >= 0.6 is 0 Å². The molecule has 1 saturated heterocycles. The number of carbonyl (C=O) groups excluding carboxylic acids is 1. The van der Waals surface area contributed by atoms with Gasteiger partial charge >= 0.3 is 0 Å². The lowest BCUT2D eigenvalue weighted by Crippen LogP contribution is -2.41. The average Bonchev–Trinajstić information content (AvgIpc) is 2.45. The summed E-state index contributed by atoms with van der Waals surface area (Å²) in [4.78, 5) is 13.8. The summed E-state index contributed by atoms with van der Waals surface area (Å²) in [5, 5.41) is 3.28. The lowest BCUT2D eigenvalue weighted by Gasteiger charge is -2.29. The first-order valence-corrected chi connectivity index (χ1v) is 7.07. The van der Waals surface area contributed by atoms with Gasteiger partial charge in [0.25, 0.3) is 5.91 Å². The van der Waals surface area contributed by atoms with Gasteiger partial charge in [-0.15, -0.1) is 0 Å². The van der Waals surface area contributed by atoms with Gasteiger partial charge in [0.2, 0.25) is 0 Å². The van der Waals surface area contributed by atoms with Gasteiger partial charge in [0, 0.05) is 13.1 Å². The molecule has 0 aromatic heterocycles. The van der Waals surface area contributed by atoms with Crippen LogP contribution in [0.2, 0.25) is 0 Å². The summed E-state index contributed by atoms with van der Waals surface area (Å²) in [6.07, 6.45) is 2.11. The molecule has 5 heteroatoms. The molecule has 2 rings (SSSR count). The largest absolute Gasteiger partial charge is 0.338 e. The third-order valence-electron chi connectivity index (χ3n) is 3.72. The van der Waals surface area contributed by atoms with E-state index < -0.39 is 23.1 Å². The number of benzene rings is 1. The SMILES string of the molecule is CCN(CC1CCCNC1)C(=O)c1c(F)cccc1F. The summed E-state index contributed by atoms with van der Waals surface area (Å²) < 4.78 is 27.4. The summed E-state index contributed by atoms with van der Waals surface area (Å²) in [5.41, 5.74) is -0.446. The fraction of sp³-hybridized carbons (Fsp3) is 0.533. The number of carbonyl (C=O) groups is 1. The Kier molecular flexibility index (Phi) is 5.06. The van der Waals surface area contributed by atoms with Crippen molar-refractivity contribution in [1.29, 1.82) is 0 Å². The molecule has 1 unspecified atom stereocenters. The van der Waals surface area contributed by atoms with Gasteiger partial charge in [0.05, 0.1) is 0 Å². The molecule has 1 N–H and O–H groups in total. The van der Waals surface area contributed by atoms with Crippen molar-refractivity contribution in [2.75, 3.05) is 26.2 Å². The van der Waals surface area contributed by atoms with E-state index in [0.29, 0.717) is 19.0 Å². The average molecular weight is 282 g/mol. The first-order chi connectivity index (χ1) is 9.63. The Morgan fingerprint density at radius 2 is 2.10 bits per heavy atom. The molecule has 0 radical (unpaired) electrons. The third kappa shape index (κ3) is 3.33. The summed E-state index contributed by atoms with van der Waals surface area (Å²) in [7, 11) is 0. The molecule has 3 nitrogen and oxygen atoms in total. The first kappa shape index (κ1) is 14.9. The van der Waals surface area contributed by atoms with Gasteiger partial charge < -0.3 is 10.2 Å². The standard InChI is InChI=1S/C15H20F2N2O/c1-2-19(10-11-5-4-8-18-9-11)15(20)14-12(16)6-3-7-13(14)17/h3,6-7,11,18H,2,4-5,8-10H2,1H3. The Balaban J connectivity index is 2.12. The minimum absolute atomic E-state index is 0.350. The number of rotatable bonds is 4. The maximum absolute atomic E-state index is 13.7. The highest BCUT2D eigenvalue weighted by atomic mass is 19.1. The first-order valence-electron chi connectivity index (χ1n) is 7.07. The molecule has 0 saturated carbocycles. The van der Waals surface area contributed by atoms with Gasteiger partial charge in [-0.25, -0.2) is 8.78 Å². The van der Waals surface area contributed by atoms with Crippen LogP contribution < -0.4 is 5.32 Å². The van der Waals surface area contributed by atoms with E-state index in [-0.39, 0.29) is 0 Å². The van der Waals surface area contributed by atoms with Gasteiger partial charge in [-0.3, -0.25) is 4.79 Å². The maximum atomic E-state index is 13.7. The lowest BCUT2D eigenvalue weighted by atomic mass is 9.98.